The molecule has 1 fully saturated rings. The number of carbonyl (C=O) groups excluding carboxylic acids is 1. The maximum atomic E-state index is 12.7. The van der Waals surface area contributed by atoms with Crippen molar-refractivity contribution >= 4 is 11.6 Å². The normalized spacial score (nSPS) is 14.2. The van der Waals surface area contributed by atoms with Gasteiger partial charge in [-0.1, -0.05) is 13.0 Å². The summed E-state index contributed by atoms with van der Waals surface area (Å²) in [6.07, 6.45) is 3.61. The summed E-state index contributed by atoms with van der Waals surface area (Å²) in [5.41, 5.74) is 2.98. The van der Waals surface area contributed by atoms with Gasteiger partial charge in [-0.3, -0.25) is 4.79 Å². The van der Waals surface area contributed by atoms with Crippen LogP contribution in [0.4, 0.5) is 5.69 Å². The van der Waals surface area contributed by atoms with Crippen molar-refractivity contribution in [3.8, 4) is 0 Å². The van der Waals surface area contributed by atoms with Crippen LogP contribution in [-0.4, -0.2) is 30.4 Å². The first-order valence-electron chi connectivity index (χ1n) is 7.79. The molecule has 0 atom stereocenters. The summed E-state index contributed by atoms with van der Waals surface area (Å²) >= 11 is 0. The molecule has 3 heteroatoms. The Kier molecular flexibility index (Phi) is 5.05. The lowest BCUT2D eigenvalue weighted by Gasteiger charge is -2.22. The lowest BCUT2D eigenvalue weighted by Crippen LogP contribution is -2.33. The highest BCUT2D eigenvalue weighted by molar-refractivity contribution is 5.99. The summed E-state index contributed by atoms with van der Waals surface area (Å²) < 4.78 is 0. The fourth-order valence-corrected chi connectivity index (χ4v) is 2.39. The second-order valence-corrected chi connectivity index (χ2v) is 5.76. The SMILES string of the molecule is CCCNc1cc(C)ccc1C(=O)N(CC)CC1CC1. The molecule has 0 spiro atoms. The molecule has 0 unspecified atom stereocenters. The molecule has 3 nitrogen and oxygen atoms in total. The van der Waals surface area contributed by atoms with Gasteiger partial charge in [-0.15, -0.1) is 0 Å². The smallest absolute Gasteiger partial charge is 0.255 e. The Morgan fingerprint density at radius 3 is 2.70 bits per heavy atom. The van der Waals surface area contributed by atoms with Crippen LogP contribution >= 0.6 is 0 Å². The minimum atomic E-state index is 0.165. The number of aryl methyl sites for hydroxylation is 1. The van der Waals surface area contributed by atoms with Gasteiger partial charge >= 0.3 is 0 Å². The Hall–Kier alpha value is -1.51. The van der Waals surface area contributed by atoms with Gasteiger partial charge in [0.2, 0.25) is 0 Å². The number of carbonyl (C=O) groups is 1. The van der Waals surface area contributed by atoms with Crippen LogP contribution in [0.1, 0.15) is 49.0 Å². The lowest BCUT2D eigenvalue weighted by atomic mass is 10.1. The van der Waals surface area contributed by atoms with E-state index in [1.54, 1.807) is 0 Å². The maximum absolute atomic E-state index is 12.7. The van der Waals surface area contributed by atoms with E-state index in [4.69, 9.17) is 0 Å². The van der Waals surface area contributed by atoms with E-state index >= 15 is 0 Å². The Labute approximate surface area is 122 Å². The number of anilines is 1. The summed E-state index contributed by atoms with van der Waals surface area (Å²) in [5.74, 6) is 0.898. The number of benzene rings is 1. The predicted molar refractivity (Wildman–Crippen MR) is 84.3 cm³/mol. The number of nitrogens with one attached hydrogen (secondary N) is 1. The number of hydrogen-bond donors (Lipinski definition) is 1. The van der Waals surface area contributed by atoms with E-state index in [-0.39, 0.29) is 5.91 Å². The summed E-state index contributed by atoms with van der Waals surface area (Å²) in [5, 5.41) is 3.39. The molecule has 1 aliphatic carbocycles. The van der Waals surface area contributed by atoms with Crippen molar-refractivity contribution in [1.82, 2.24) is 4.90 Å². The van der Waals surface area contributed by atoms with Crippen molar-refractivity contribution in [2.45, 2.75) is 40.0 Å². The molecule has 110 valence electrons. The molecule has 20 heavy (non-hydrogen) atoms. The van der Waals surface area contributed by atoms with Crippen molar-refractivity contribution in [2.24, 2.45) is 5.92 Å². The average Bonchev–Trinajstić information content (AvgIpc) is 3.26. The van der Waals surface area contributed by atoms with Gasteiger partial charge in [0.05, 0.1) is 5.56 Å². The Balaban J connectivity index is 2.17. The number of amides is 1. The van der Waals surface area contributed by atoms with Crippen molar-refractivity contribution < 1.29 is 4.79 Å². The first kappa shape index (κ1) is 14.9. The van der Waals surface area contributed by atoms with E-state index in [0.29, 0.717) is 0 Å². The largest absolute Gasteiger partial charge is 0.384 e. The van der Waals surface area contributed by atoms with Crippen LogP contribution < -0.4 is 5.32 Å². The molecular formula is C17H26N2O. The number of hydrogen-bond acceptors (Lipinski definition) is 2. The van der Waals surface area contributed by atoms with E-state index in [9.17, 15) is 4.79 Å². The molecule has 2 rings (SSSR count). The monoisotopic (exact) mass is 274 g/mol. The van der Waals surface area contributed by atoms with Crippen LogP contribution in [0, 0.1) is 12.8 Å². The van der Waals surface area contributed by atoms with Crippen LogP contribution in [0.5, 0.6) is 0 Å². The van der Waals surface area contributed by atoms with E-state index < -0.39 is 0 Å². The molecule has 0 heterocycles. The first-order valence-corrected chi connectivity index (χ1v) is 7.79. The molecule has 1 saturated carbocycles. The minimum absolute atomic E-state index is 0.165. The Morgan fingerprint density at radius 1 is 1.35 bits per heavy atom. The minimum Gasteiger partial charge on any atom is -0.384 e. The van der Waals surface area contributed by atoms with Gasteiger partial charge in [0.1, 0.15) is 0 Å². The molecule has 0 bridgehead atoms. The average molecular weight is 274 g/mol. The molecule has 0 aliphatic heterocycles. The van der Waals surface area contributed by atoms with Crippen molar-refractivity contribution in [3.63, 3.8) is 0 Å². The van der Waals surface area contributed by atoms with E-state index in [1.807, 2.05) is 17.0 Å². The second kappa shape index (κ2) is 6.78. The van der Waals surface area contributed by atoms with Gasteiger partial charge in [0, 0.05) is 25.3 Å². The van der Waals surface area contributed by atoms with Crippen molar-refractivity contribution in [1.29, 1.82) is 0 Å². The van der Waals surface area contributed by atoms with Crippen LogP contribution in [-0.2, 0) is 0 Å². The van der Waals surface area contributed by atoms with Gasteiger partial charge in [-0.2, -0.15) is 0 Å². The molecule has 1 aromatic carbocycles. The van der Waals surface area contributed by atoms with E-state index in [1.165, 1.54) is 18.4 Å². The number of rotatable bonds is 7. The summed E-state index contributed by atoms with van der Waals surface area (Å²) in [7, 11) is 0. The molecule has 1 aliphatic rings. The van der Waals surface area contributed by atoms with Crippen molar-refractivity contribution in [2.75, 3.05) is 25.0 Å². The van der Waals surface area contributed by atoms with Crippen LogP contribution in [0.2, 0.25) is 0 Å². The third kappa shape index (κ3) is 3.75. The zero-order chi connectivity index (χ0) is 14.5. The van der Waals surface area contributed by atoms with Crippen LogP contribution in [0.15, 0.2) is 18.2 Å². The molecule has 0 aromatic heterocycles. The lowest BCUT2D eigenvalue weighted by molar-refractivity contribution is 0.0758. The molecule has 1 aromatic rings. The zero-order valence-electron chi connectivity index (χ0n) is 12.9. The van der Waals surface area contributed by atoms with Crippen LogP contribution in [0.25, 0.3) is 0 Å². The standard InChI is InChI=1S/C17H26N2O/c1-4-10-18-16-11-13(3)6-9-15(16)17(20)19(5-2)12-14-7-8-14/h6,9,11,14,18H,4-5,7-8,10,12H2,1-3H3. The fourth-order valence-electron chi connectivity index (χ4n) is 2.39. The van der Waals surface area contributed by atoms with E-state index in [0.717, 1.165) is 43.2 Å². The zero-order valence-corrected chi connectivity index (χ0v) is 12.9. The third-order valence-corrected chi connectivity index (χ3v) is 3.82. The highest BCUT2D eigenvalue weighted by Gasteiger charge is 2.27. The van der Waals surface area contributed by atoms with Crippen LogP contribution in [0.3, 0.4) is 0 Å². The number of nitrogens with zero attached hydrogens (tertiary/aromatic N) is 1. The Morgan fingerprint density at radius 2 is 2.10 bits per heavy atom. The summed E-state index contributed by atoms with van der Waals surface area (Å²) in [4.78, 5) is 14.7. The van der Waals surface area contributed by atoms with Gasteiger partial charge in [-0.25, -0.2) is 0 Å². The maximum Gasteiger partial charge on any atom is 0.255 e. The molecule has 1 amide bonds. The van der Waals surface area contributed by atoms with Gasteiger partial charge in [0.25, 0.3) is 5.91 Å². The predicted octanol–water partition coefficient (Wildman–Crippen LogP) is 3.69. The summed E-state index contributed by atoms with van der Waals surface area (Å²) in [6, 6.07) is 6.06. The van der Waals surface area contributed by atoms with Crippen molar-refractivity contribution in [3.05, 3.63) is 29.3 Å². The molecule has 0 saturated heterocycles. The second-order valence-electron chi connectivity index (χ2n) is 5.76. The summed E-state index contributed by atoms with van der Waals surface area (Å²) in [6.45, 7) is 8.86. The molecule has 1 N–H and O–H groups in total. The van der Waals surface area contributed by atoms with Gasteiger partial charge in [-0.05, 0) is 56.7 Å². The topological polar surface area (TPSA) is 32.3 Å². The molecule has 0 radical (unpaired) electrons. The highest BCUT2D eigenvalue weighted by atomic mass is 16.2. The fraction of sp³-hybridized carbons (Fsp3) is 0.588. The Bertz CT molecular complexity index is 466. The van der Waals surface area contributed by atoms with E-state index in [2.05, 4.69) is 32.2 Å². The van der Waals surface area contributed by atoms with Gasteiger partial charge < -0.3 is 10.2 Å². The quantitative estimate of drug-likeness (QED) is 0.822. The van der Waals surface area contributed by atoms with Gasteiger partial charge in [0.15, 0.2) is 0 Å². The third-order valence-electron chi connectivity index (χ3n) is 3.82. The molecular weight excluding hydrogens is 248 g/mol. The first-order chi connectivity index (χ1) is 9.65. The highest BCUT2D eigenvalue weighted by Crippen LogP contribution is 2.30.